The molecule has 1 aromatic carbocycles. The van der Waals surface area contributed by atoms with Crippen LogP contribution in [0.4, 0.5) is 5.69 Å². The van der Waals surface area contributed by atoms with Gasteiger partial charge in [0.1, 0.15) is 11.4 Å². The van der Waals surface area contributed by atoms with Crippen LogP contribution < -0.4 is 14.8 Å². The Balaban J connectivity index is 2.07. The average Bonchev–Trinajstić information content (AvgIpc) is 3.00. The van der Waals surface area contributed by atoms with Gasteiger partial charge >= 0.3 is 0 Å². The van der Waals surface area contributed by atoms with Gasteiger partial charge in [-0.25, -0.2) is 4.98 Å². The molecule has 0 spiro atoms. The standard InChI is InChI=1S/C18H18ClN3O3/c1-4-12-16(22-9-5-6-15(25-3)17(22)20-12)18(23)21-13-10-11(19)7-8-14(13)24-2/h5-10H,4H2,1-3H3,(H,21,23). The van der Waals surface area contributed by atoms with E-state index < -0.39 is 0 Å². The monoisotopic (exact) mass is 359 g/mol. The van der Waals surface area contributed by atoms with Crippen LogP contribution in [0.3, 0.4) is 0 Å². The lowest BCUT2D eigenvalue weighted by Gasteiger charge is -2.11. The number of aromatic nitrogens is 2. The number of hydrogen-bond donors (Lipinski definition) is 1. The normalized spacial score (nSPS) is 10.7. The molecule has 130 valence electrons. The second-order valence-electron chi connectivity index (χ2n) is 5.33. The van der Waals surface area contributed by atoms with Gasteiger partial charge in [-0.1, -0.05) is 18.5 Å². The van der Waals surface area contributed by atoms with Gasteiger partial charge in [0.2, 0.25) is 0 Å². The lowest BCUT2D eigenvalue weighted by Crippen LogP contribution is -2.16. The molecule has 1 amide bonds. The lowest BCUT2D eigenvalue weighted by atomic mass is 10.2. The van der Waals surface area contributed by atoms with Crippen LogP contribution in [0.2, 0.25) is 5.02 Å². The van der Waals surface area contributed by atoms with E-state index >= 15 is 0 Å². The zero-order chi connectivity index (χ0) is 18.0. The van der Waals surface area contributed by atoms with Crippen LogP contribution in [0.15, 0.2) is 36.5 Å². The van der Waals surface area contributed by atoms with Gasteiger partial charge < -0.3 is 14.8 Å². The Kier molecular flexibility index (Phi) is 4.81. The van der Waals surface area contributed by atoms with Crippen LogP contribution in [0.25, 0.3) is 5.65 Å². The molecule has 7 heteroatoms. The highest BCUT2D eigenvalue weighted by atomic mass is 35.5. The summed E-state index contributed by atoms with van der Waals surface area (Å²) in [6.45, 7) is 1.95. The van der Waals surface area contributed by atoms with Crippen molar-refractivity contribution in [1.82, 2.24) is 9.38 Å². The van der Waals surface area contributed by atoms with Crippen LogP contribution in [0.5, 0.6) is 11.5 Å². The van der Waals surface area contributed by atoms with Gasteiger partial charge in [-0.3, -0.25) is 9.20 Å². The number of amides is 1. The van der Waals surface area contributed by atoms with Gasteiger partial charge in [0.05, 0.1) is 25.6 Å². The van der Waals surface area contributed by atoms with Crippen molar-refractivity contribution in [2.45, 2.75) is 13.3 Å². The van der Waals surface area contributed by atoms with E-state index in [9.17, 15) is 4.79 Å². The van der Waals surface area contributed by atoms with E-state index in [1.165, 1.54) is 7.11 Å². The molecular weight excluding hydrogens is 342 g/mol. The summed E-state index contributed by atoms with van der Waals surface area (Å²) in [5.41, 5.74) is 2.24. The Morgan fingerprint density at radius 2 is 2.00 bits per heavy atom. The number of fused-ring (bicyclic) bond motifs is 1. The molecule has 0 bridgehead atoms. The van der Waals surface area contributed by atoms with Gasteiger partial charge in [-0.05, 0) is 36.8 Å². The van der Waals surface area contributed by atoms with E-state index in [-0.39, 0.29) is 5.91 Å². The minimum atomic E-state index is -0.293. The zero-order valence-electron chi connectivity index (χ0n) is 14.2. The van der Waals surface area contributed by atoms with Crippen LogP contribution in [0, 0.1) is 0 Å². The molecule has 1 N–H and O–H groups in total. The fraction of sp³-hybridized carbons (Fsp3) is 0.222. The Labute approximate surface area is 150 Å². The largest absolute Gasteiger partial charge is 0.495 e. The highest BCUT2D eigenvalue weighted by Gasteiger charge is 2.21. The Morgan fingerprint density at radius 1 is 1.24 bits per heavy atom. The topological polar surface area (TPSA) is 64.9 Å². The number of nitrogens with zero attached hydrogens (tertiary/aromatic N) is 2. The number of anilines is 1. The molecule has 3 rings (SSSR count). The molecular formula is C18H18ClN3O3. The Hall–Kier alpha value is -2.73. The number of nitrogens with one attached hydrogen (secondary N) is 1. The third-order valence-corrected chi connectivity index (χ3v) is 4.10. The summed E-state index contributed by atoms with van der Waals surface area (Å²) < 4.78 is 12.3. The number of hydrogen-bond acceptors (Lipinski definition) is 4. The molecule has 0 unspecified atom stereocenters. The maximum Gasteiger partial charge on any atom is 0.274 e. The van der Waals surface area contributed by atoms with E-state index in [4.69, 9.17) is 21.1 Å². The summed E-state index contributed by atoms with van der Waals surface area (Å²) in [4.78, 5) is 17.5. The molecule has 3 aromatic rings. The van der Waals surface area contributed by atoms with E-state index in [1.807, 2.05) is 19.1 Å². The maximum absolute atomic E-state index is 12.9. The maximum atomic E-state index is 12.9. The third kappa shape index (κ3) is 3.13. The van der Waals surface area contributed by atoms with Gasteiger partial charge in [0, 0.05) is 11.2 Å². The summed E-state index contributed by atoms with van der Waals surface area (Å²) in [6, 6.07) is 8.67. The number of methoxy groups -OCH3 is 2. The van der Waals surface area contributed by atoms with Crippen molar-refractivity contribution in [3.8, 4) is 11.5 Å². The molecule has 0 aliphatic heterocycles. The molecule has 6 nitrogen and oxygen atoms in total. The number of pyridine rings is 1. The van der Waals surface area contributed by atoms with Crippen LogP contribution in [-0.2, 0) is 6.42 Å². The average molecular weight is 360 g/mol. The SMILES string of the molecule is CCc1nc2c(OC)cccn2c1C(=O)Nc1cc(Cl)ccc1OC. The number of ether oxygens (including phenoxy) is 2. The van der Waals surface area contributed by atoms with E-state index in [0.717, 1.165) is 0 Å². The Morgan fingerprint density at radius 3 is 2.68 bits per heavy atom. The Bertz CT molecular complexity index is 937. The molecule has 0 saturated heterocycles. The summed E-state index contributed by atoms with van der Waals surface area (Å²) in [7, 11) is 3.11. The summed E-state index contributed by atoms with van der Waals surface area (Å²) >= 11 is 6.03. The van der Waals surface area contributed by atoms with E-state index in [2.05, 4.69) is 10.3 Å². The van der Waals surface area contributed by atoms with Crippen molar-refractivity contribution in [1.29, 1.82) is 0 Å². The van der Waals surface area contributed by atoms with Gasteiger partial charge in [-0.15, -0.1) is 0 Å². The van der Waals surface area contributed by atoms with Crippen molar-refractivity contribution in [2.75, 3.05) is 19.5 Å². The summed E-state index contributed by atoms with van der Waals surface area (Å²) in [5.74, 6) is 0.844. The van der Waals surface area contributed by atoms with Crippen molar-refractivity contribution in [3.05, 3.63) is 52.9 Å². The molecule has 0 aliphatic carbocycles. The van der Waals surface area contributed by atoms with Crippen LogP contribution in [-0.4, -0.2) is 29.5 Å². The van der Waals surface area contributed by atoms with E-state index in [0.29, 0.717) is 45.7 Å². The fourth-order valence-electron chi connectivity index (χ4n) is 2.70. The second kappa shape index (κ2) is 7.03. The number of carbonyl (C=O) groups is 1. The molecule has 0 fully saturated rings. The first-order valence-electron chi connectivity index (χ1n) is 7.77. The molecule has 0 atom stereocenters. The van der Waals surface area contributed by atoms with Gasteiger partial charge in [-0.2, -0.15) is 0 Å². The third-order valence-electron chi connectivity index (χ3n) is 3.87. The number of halogens is 1. The van der Waals surface area contributed by atoms with Crippen LogP contribution >= 0.6 is 11.6 Å². The number of carbonyl (C=O) groups excluding carboxylic acids is 1. The second-order valence-corrected chi connectivity index (χ2v) is 5.77. The number of rotatable bonds is 5. The molecule has 0 aliphatic rings. The molecule has 25 heavy (non-hydrogen) atoms. The quantitative estimate of drug-likeness (QED) is 0.752. The minimum Gasteiger partial charge on any atom is -0.495 e. The highest BCUT2D eigenvalue weighted by molar-refractivity contribution is 6.31. The molecule has 0 radical (unpaired) electrons. The van der Waals surface area contributed by atoms with Crippen molar-refractivity contribution < 1.29 is 14.3 Å². The molecule has 0 saturated carbocycles. The first-order chi connectivity index (χ1) is 12.1. The van der Waals surface area contributed by atoms with Crippen molar-refractivity contribution in [2.24, 2.45) is 0 Å². The predicted octanol–water partition coefficient (Wildman–Crippen LogP) is 3.82. The van der Waals surface area contributed by atoms with Gasteiger partial charge in [0.25, 0.3) is 5.91 Å². The first kappa shape index (κ1) is 17.1. The predicted molar refractivity (Wildman–Crippen MR) is 97.1 cm³/mol. The smallest absolute Gasteiger partial charge is 0.274 e. The highest BCUT2D eigenvalue weighted by Crippen LogP contribution is 2.29. The molecule has 2 aromatic heterocycles. The number of aryl methyl sites for hydroxylation is 1. The van der Waals surface area contributed by atoms with Gasteiger partial charge in [0.15, 0.2) is 11.4 Å². The fourth-order valence-corrected chi connectivity index (χ4v) is 2.87. The van der Waals surface area contributed by atoms with Crippen molar-refractivity contribution >= 4 is 28.8 Å². The van der Waals surface area contributed by atoms with Crippen LogP contribution in [0.1, 0.15) is 23.1 Å². The number of benzene rings is 1. The van der Waals surface area contributed by atoms with E-state index in [1.54, 1.807) is 35.9 Å². The summed E-state index contributed by atoms with van der Waals surface area (Å²) in [6.07, 6.45) is 2.40. The van der Waals surface area contributed by atoms with Crippen molar-refractivity contribution in [3.63, 3.8) is 0 Å². The lowest BCUT2D eigenvalue weighted by molar-refractivity contribution is 0.102. The summed E-state index contributed by atoms with van der Waals surface area (Å²) in [5, 5.41) is 3.37. The minimum absolute atomic E-state index is 0.293. The first-order valence-corrected chi connectivity index (χ1v) is 8.15. The molecule has 2 heterocycles. The number of imidazole rings is 1. The zero-order valence-corrected chi connectivity index (χ0v) is 14.9.